The van der Waals surface area contributed by atoms with Crippen LogP contribution in [-0.2, 0) is 20.9 Å². The number of hydrogen-bond donors (Lipinski definition) is 1. The Morgan fingerprint density at radius 3 is 2.68 bits per heavy atom. The number of piperidine rings is 1. The molecule has 1 N–H and O–H groups in total. The zero-order valence-electron chi connectivity index (χ0n) is 17.8. The minimum absolute atomic E-state index is 0.0559. The predicted molar refractivity (Wildman–Crippen MR) is 109 cm³/mol. The van der Waals surface area contributed by atoms with E-state index in [0.717, 1.165) is 13.0 Å². The number of carbonyl (C=O) groups excluding carboxylic acids is 2. The van der Waals surface area contributed by atoms with E-state index in [4.69, 9.17) is 19.1 Å². The van der Waals surface area contributed by atoms with E-state index in [-0.39, 0.29) is 24.5 Å². The summed E-state index contributed by atoms with van der Waals surface area (Å²) in [5.74, 6) is 0.785. The molecule has 2 aromatic rings. The standard InChI is InChI=1S/C20H26N4O4.CH2O2/c1-22(2)13-16-12-20(19(26)28-16)6-10-23(11-7-20)18(25)17-5-4-15(27-17)14-24-9-3-8-21-24;2-1-3/h3-5,8-9,16H,6-7,10-14H2,1-2H3;1H,(H,2,3). The Hall–Kier alpha value is -3.14. The normalized spacial score (nSPS) is 19.8. The van der Waals surface area contributed by atoms with Crippen molar-refractivity contribution in [3.63, 3.8) is 0 Å². The minimum atomic E-state index is -0.439. The maximum absolute atomic E-state index is 12.8. The van der Waals surface area contributed by atoms with Crippen molar-refractivity contribution in [2.45, 2.75) is 31.9 Å². The van der Waals surface area contributed by atoms with Crippen molar-refractivity contribution in [2.24, 2.45) is 5.41 Å². The number of nitrogens with zero attached hydrogens (tertiary/aromatic N) is 4. The molecule has 1 spiro atoms. The number of amides is 1. The number of carboxylic acid groups (broad SMARTS) is 1. The molecular weight excluding hydrogens is 404 g/mol. The van der Waals surface area contributed by atoms with E-state index in [9.17, 15) is 9.59 Å². The SMILES string of the molecule is CN(C)CC1CC2(CCN(C(=O)c3ccc(Cn4cccn4)o3)CC2)C(=O)O1.O=CO. The molecule has 2 aliphatic heterocycles. The molecular formula is C21H28N4O6. The summed E-state index contributed by atoms with van der Waals surface area (Å²) in [7, 11) is 3.95. The van der Waals surface area contributed by atoms with Crippen LogP contribution in [0, 0.1) is 5.41 Å². The van der Waals surface area contributed by atoms with Crippen molar-refractivity contribution >= 4 is 18.3 Å². The van der Waals surface area contributed by atoms with Crippen molar-refractivity contribution in [2.75, 3.05) is 33.7 Å². The highest BCUT2D eigenvalue weighted by Gasteiger charge is 2.50. The van der Waals surface area contributed by atoms with Gasteiger partial charge in [-0.05, 0) is 45.1 Å². The fraction of sp³-hybridized carbons (Fsp3) is 0.524. The maximum Gasteiger partial charge on any atom is 0.312 e. The smallest absolute Gasteiger partial charge is 0.312 e. The number of likely N-dealkylation sites (N-methyl/N-ethyl adjacent to an activating group) is 1. The van der Waals surface area contributed by atoms with Crippen molar-refractivity contribution in [1.82, 2.24) is 19.6 Å². The number of carbonyl (C=O) groups is 3. The predicted octanol–water partition coefficient (Wildman–Crippen LogP) is 1.32. The number of rotatable bonds is 5. The van der Waals surface area contributed by atoms with Gasteiger partial charge in [-0.2, -0.15) is 5.10 Å². The molecule has 0 saturated carbocycles. The van der Waals surface area contributed by atoms with Gasteiger partial charge < -0.3 is 24.1 Å². The van der Waals surface area contributed by atoms with Crippen LogP contribution >= 0.6 is 0 Å². The van der Waals surface area contributed by atoms with Crippen LogP contribution < -0.4 is 0 Å². The van der Waals surface area contributed by atoms with Gasteiger partial charge in [-0.25, -0.2) is 0 Å². The zero-order chi connectivity index (χ0) is 22.4. The molecule has 2 saturated heterocycles. The highest BCUT2D eigenvalue weighted by atomic mass is 16.6. The Morgan fingerprint density at radius 1 is 1.35 bits per heavy atom. The molecule has 1 unspecified atom stereocenters. The van der Waals surface area contributed by atoms with Crippen LogP contribution in [0.25, 0.3) is 0 Å². The Kier molecular flexibility index (Phi) is 7.11. The fourth-order valence-electron chi connectivity index (χ4n) is 4.18. The number of cyclic esters (lactones) is 1. The van der Waals surface area contributed by atoms with Crippen molar-refractivity contribution < 1.29 is 28.6 Å². The lowest BCUT2D eigenvalue weighted by Crippen LogP contribution is -2.45. The molecule has 0 radical (unpaired) electrons. The third-order valence-electron chi connectivity index (χ3n) is 5.65. The molecule has 2 fully saturated rings. The van der Waals surface area contributed by atoms with Gasteiger partial charge in [-0.15, -0.1) is 0 Å². The second-order valence-corrected chi connectivity index (χ2v) is 8.14. The monoisotopic (exact) mass is 432 g/mol. The molecule has 4 heterocycles. The summed E-state index contributed by atoms with van der Waals surface area (Å²) in [5, 5.41) is 11.0. The first-order valence-electron chi connectivity index (χ1n) is 10.2. The van der Waals surface area contributed by atoms with Gasteiger partial charge in [0, 0.05) is 38.4 Å². The van der Waals surface area contributed by atoms with Crippen LogP contribution in [0.2, 0.25) is 0 Å². The first-order chi connectivity index (χ1) is 14.9. The summed E-state index contributed by atoms with van der Waals surface area (Å²) in [6, 6.07) is 5.36. The van der Waals surface area contributed by atoms with Gasteiger partial charge in [0.1, 0.15) is 11.9 Å². The minimum Gasteiger partial charge on any atom is -0.483 e. The molecule has 1 atom stereocenters. The Balaban J connectivity index is 0.000000858. The molecule has 4 rings (SSSR count). The quantitative estimate of drug-likeness (QED) is 0.555. The van der Waals surface area contributed by atoms with E-state index in [1.807, 2.05) is 31.3 Å². The summed E-state index contributed by atoms with van der Waals surface area (Å²) in [4.78, 5) is 37.4. The molecule has 0 aromatic carbocycles. The van der Waals surface area contributed by atoms with Crippen LogP contribution in [0.3, 0.4) is 0 Å². The maximum atomic E-state index is 12.8. The number of ether oxygens (including phenoxy) is 1. The average Bonchev–Trinajstić information content (AvgIpc) is 3.45. The summed E-state index contributed by atoms with van der Waals surface area (Å²) in [6.45, 7) is 2.06. The summed E-state index contributed by atoms with van der Waals surface area (Å²) < 4.78 is 13.1. The lowest BCUT2D eigenvalue weighted by Gasteiger charge is -2.36. The number of furan rings is 1. The highest BCUT2D eigenvalue weighted by Crippen LogP contribution is 2.43. The topological polar surface area (TPSA) is 118 Å². The third-order valence-corrected chi connectivity index (χ3v) is 5.65. The number of likely N-dealkylation sites (tertiary alicyclic amines) is 1. The first-order valence-corrected chi connectivity index (χ1v) is 10.2. The van der Waals surface area contributed by atoms with E-state index in [1.165, 1.54) is 0 Å². The van der Waals surface area contributed by atoms with Gasteiger partial charge in [0.25, 0.3) is 12.4 Å². The number of hydrogen-bond acceptors (Lipinski definition) is 7. The van der Waals surface area contributed by atoms with Gasteiger partial charge in [-0.3, -0.25) is 19.1 Å². The van der Waals surface area contributed by atoms with Crippen molar-refractivity contribution in [3.05, 3.63) is 42.1 Å². The fourth-order valence-corrected chi connectivity index (χ4v) is 4.18. The summed E-state index contributed by atoms with van der Waals surface area (Å²) in [6.07, 6.45) is 5.51. The third kappa shape index (κ3) is 5.32. The first kappa shape index (κ1) is 22.5. The lowest BCUT2D eigenvalue weighted by molar-refractivity contribution is -0.150. The Labute approximate surface area is 180 Å². The van der Waals surface area contributed by atoms with Gasteiger partial charge in [0.05, 0.1) is 12.0 Å². The van der Waals surface area contributed by atoms with Crippen LogP contribution in [-0.4, -0.2) is 82.9 Å². The molecule has 10 nitrogen and oxygen atoms in total. The molecule has 0 bridgehead atoms. The average molecular weight is 432 g/mol. The second-order valence-electron chi connectivity index (χ2n) is 8.14. The largest absolute Gasteiger partial charge is 0.483 e. The Bertz CT molecular complexity index is 884. The summed E-state index contributed by atoms with van der Waals surface area (Å²) >= 11 is 0. The van der Waals surface area contributed by atoms with Gasteiger partial charge in [-0.1, -0.05) is 0 Å². The highest BCUT2D eigenvalue weighted by molar-refractivity contribution is 5.92. The molecule has 31 heavy (non-hydrogen) atoms. The van der Waals surface area contributed by atoms with Crippen LogP contribution in [0.4, 0.5) is 0 Å². The van der Waals surface area contributed by atoms with Crippen molar-refractivity contribution in [3.8, 4) is 0 Å². The zero-order valence-corrected chi connectivity index (χ0v) is 17.8. The van der Waals surface area contributed by atoms with E-state index in [2.05, 4.69) is 5.10 Å². The summed E-state index contributed by atoms with van der Waals surface area (Å²) in [5.41, 5.74) is -0.439. The van der Waals surface area contributed by atoms with Gasteiger partial charge >= 0.3 is 5.97 Å². The molecule has 2 aliphatic rings. The second kappa shape index (κ2) is 9.78. The van der Waals surface area contributed by atoms with E-state index in [0.29, 0.717) is 44.0 Å². The van der Waals surface area contributed by atoms with E-state index >= 15 is 0 Å². The van der Waals surface area contributed by atoms with Crippen LogP contribution in [0.5, 0.6) is 0 Å². The molecule has 1 amide bonds. The molecule has 0 aliphatic carbocycles. The van der Waals surface area contributed by atoms with E-state index < -0.39 is 5.41 Å². The Morgan fingerprint density at radius 2 is 2.06 bits per heavy atom. The molecule has 2 aromatic heterocycles. The van der Waals surface area contributed by atoms with Crippen molar-refractivity contribution in [1.29, 1.82) is 0 Å². The van der Waals surface area contributed by atoms with E-state index in [1.54, 1.807) is 27.9 Å². The number of esters is 1. The van der Waals surface area contributed by atoms with Crippen LogP contribution in [0.1, 0.15) is 35.6 Å². The van der Waals surface area contributed by atoms with Crippen LogP contribution in [0.15, 0.2) is 35.0 Å². The van der Waals surface area contributed by atoms with Gasteiger partial charge in [0.2, 0.25) is 0 Å². The van der Waals surface area contributed by atoms with Gasteiger partial charge in [0.15, 0.2) is 5.76 Å². The molecule has 10 heteroatoms. The molecule has 168 valence electrons. The lowest BCUT2D eigenvalue weighted by atomic mass is 9.76. The number of aromatic nitrogens is 2.